The molecule has 5 nitrogen and oxygen atoms in total. The molecular weight excluding hydrogens is 320 g/mol. The first kappa shape index (κ1) is 15.8. The highest BCUT2D eigenvalue weighted by molar-refractivity contribution is 7.07. The van der Waals surface area contributed by atoms with Crippen molar-refractivity contribution in [3.63, 3.8) is 0 Å². The van der Waals surface area contributed by atoms with Gasteiger partial charge in [-0.2, -0.15) is 16.4 Å². The van der Waals surface area contributed by atoms with Gasteiger partial charge in [0.2, 0.25) is 5.91 Å². The summed E-state index contributed by atoms with van der Waals surface area (Å²) in [6, 6.07) is 4.65. The first-order valence-corrected chi connectivity index (χ1v) is 9.77. The summed E-state index contributed by atoms with van der Waals surface area (Å²) < 4.78 is 2.15. The number of aromatic nitrogens is 2. The number of carbonyl (C=O) groups is 1. The summed E-state index contributed by atoms with van der Waals surface area (Å²) in [4.78, 5) is 14.5. The van der Waals surface area contributed by atoms with E-state index in [1.165, 1.54) is 17.7 Å². The second-order valence-corrected chi connectivity index (χ2v) is 7.71. The third-order valence-corrected chi connectivity index (χ3v) is 5.92. The second-order valence-electron chi connectivity index (χ2n) is 6.93. The van der Waals surface area contributed by atoms with E-state index < -0.39 is 0 Å². The number of carbonyl (C=O) groups excluding carboxylic acids is 1. The molecule has 24 heavy (non-hydrogen) atoms. The number of nitrogens with one attached hydrogen (secondary N) is 1. The predicted octanol–water partition coefficient (Wildman–Crippen LogP) is 2.81. The molecule has 1 fully saturated rings. The number of nitrogens with zero attached hydrogens (tertiary/aromatic N) is 3. The molecule has 3 heterocycles. The van der Waals surface area contributed by atoms with Gasteiger partial charge in [-0.1, -0.05) is 6.42 Å². The second kappa shape index (κ2) is 7.07. The molecule has 0 saturated heterocycles. The highest BCUT2D eigenvalue weighted by atomic mass is 32.1. The van der Waals surface area contributed by atoms with Crippen molar-refractivity contribution in [2.24, 2.45) is 5.92 Å². The van der Waals surface area contributed by atoms with Gasteiger partial charge in [-0.25, -0.2) is 0 Å². The summed E-state index contributed by atoms with van der Waals surface area (Å²) in [5, 5.41) is 12.0. The molecule has 6 heteroatoms. The normalized spacial score (nSPS) is 21.2. The number of fused-ring (bicyclic) bond motifs is 1. The van der Waals surface area contributed by atoms with Crippen LogP contribution in [0, 0.1) is 5.92 Å². The maximum Gasteiger partial charge on any atom is 0.223 e. The fourth-order valence-electron chi connectivity index (χ4n) is 3.62. The lowest BCUT2D eigenvalue weighted by Crippen LogP contribution is -2.40. The molecule has 1 atom stereocenters. The highest BCUT2D eigenvalue weighted by Crippen LogP contribution is 2.27. The zero-order valence-electron chi connectivity index (χ0n) is 13.9. The minimum atomic E-state index is 0.243. The Hall–Kier alpha value is -1.66. The van der Waals surface area contributed by atoms with Crippen LogP contribution in [0.2, 0.25) is 0 Å². The van der Waals surface area contributed by atoms with Crippen molar-refractivity contribution in [2.75, 3.05) is 13.1 Å². The molecular formula is C18H24N4OS. The lowest BCUT2D eigenvalue weighted by Gasteiger charge is -2.34. The smallest absolute Gasteiger partial charge is 0.223 e. The van der Waals surface area contributed by atoms with Crippen LogP contribution in [0.15, 0.2) is 29.1 Å². The molecule has 1 N–H and O–H groups in total. The molecule has 1 aliphatic heterocycles. The van der Waals surface area contributed by atoms with E-state index >= 15 is 0 Å². The Labute approximate surface area is 146 Å². The fraction of sp³-hybridized carbons (Fsp3) is 0.556. The van der Waals surface area contributed by atoms with Gasteiger partial charge in [0.1, 0.15) is 0 Å². The lowest BCUT2D eigenvalue weighted by atomic mass is 9.85. The first-order valence-electron chi connectivity index (χ1n) is 8.83. The Balaban J connectivity index is 1.35. The number of amides is 1. The molecule has 0 radical (unpaired) electrons. The van der Waals surface area contributed by atoms with Crippen molar-refractivity contribution >= 4 is 17.2 Å². The van der Waals surface area contributed by atoms with E-state index in [1.807, 2.05) is 6.20 Å². The minimum absolute atomic E-state index is 0.243. The molecule has 128 valence electrons. The molecule has 1 aliphatic carbocycles. The predicted molar refractivity (Wildman–Crippen MR) is 94.7 cm³/mol. The van der Waals surface area contributed by atoms with E-state index in [0.29, 0.717) is 6.04 Å². The van der Waals surface area contributed by atoms with E-state index in [4.69, 9.17) is 0 Å². The number of hydrogen-bond donors (Lipinski definition) is 1. The van der Waals surface area contributed by atoms with Crippen molar-refractivity contribution in [1.82, 2.24) is 20.0 Å². The van der Waals surface area contributed by atoms with Crippen LogP contribution in [0.1, 0.15) is 43.0 Å². The molecule has 0 unspecified atom stereocenters. The van der Waals surface area contributed by atoms with Gasteiger partial charge in [0.25, 0.3) is 0 Å². The monoisotopic (exact) mass is 344 g/mol. The van der Waals surface area contributed by atoms with Gasteiger partial charge in [0.15, 0.2) is 0 Å². The van der Waals surface area contributed by atoms with Crippen LogP contribution in [-0.4, -0.2) is 33.7 Å². The molecule has 1 amide bonds. The van der Waals surface area contributed by atoms with Gasteiger partial charge >= 0.3 is 0 Å². The minimum Gasteiger partial charge on any atom is -0.356 e. The van der Waals surface area contributed by atoms with Crippen molar-refractivity contribution in [2.45, 2.75) is 44.8 Å². The molecule has 0 spiro atoms. The summed E-state index contributed by atoms with van der Waals surface area (Å²) in [5.74, 6) is 0.514. The summed E-state index contributed by atoms with van der Waals surface area (Å²) >= 11 is 1.75. The lowest BCUT2D eigenvalue weighted by molar-refractivity contribution is -0.127. The van der Waals surface area contributed by atoms with Gasteiger partial charge in [-0.15, -0.1) is 0 Å². The van der Waals surface area contributed by atoms with Crippen LogP contribution in [0.5, 0.6) is 0 Å². The average Bonchev–Trinajstić information content (AvgIpc) is 3.16. The number of hydrogen-bond acceptors (Lipinski definition) is 4. The Morgan fingerprint density at radius 3 is 3.04 bits per heavy atom. The fourth-order valence-corrected chi connectivity index (χ4v) is 4.28. The third kappa shape index (κ3) is 3.39. The molecule has 2 aliphatic rings. The average molecular weight is 344 g/mol. The van der Waals surface area contributed by atoms with Crippen LogP contribution in [0.25, 0.3) is 0 Å². The molecule has 4 rings (SSSR count). The van der Waals surface area contributed by atoms with Crippen LogP contribution < -0.4 is 5.32 Å². The van der Waals surface area contributed by atoms with Crippen molar-refractivity contribution in [1.29, 1.82) is 0 Å². The van der Waals surface area contributed by atoms with Gasteiger partial charge < -0.3 is 5.32 Å². The molecule has 2 aromatic heterocycles. The van der Waals surface area contributed by atoms with Crippen LogP contribution in [-0.2, 0) is 17.9 Å². The maximum atomic E-state index is 12.0. The largest absolute Gasteiger partial charge is 0.356 e. The zero-order valence-corrected chi connectivity index (χ0v) is 14.7. The Morgan fingerprint density at radius 1 is 1.38 bits per heavy atom. The van der Waals surface area contributed by atoms with Crippen molar-refractivity contribution in [3.05, 3.63) is 40.3 Å². The van der Waals surface area contributed by atoms with E-state index in [2.05, 4.69) is 42.9 Å². The topological polar surface area (TPSA) is 50.2 Å². The van der Waals surface area contributed by atoms with Gasteiger partial charge in [-0.05, 0) is 47.7 Å². The first-order chi connectivity index (χ1) is 11.8. The maximum absolute atomic E-state index is 12.0. The van der Waals surface area contributed by atoms with Crippen LogP contribution in [0.4, 0.5) is 0 Å². The Bertz CT molecular complexity index is 677. The zero-order chi connectivity index (χ0) is 16.4. The highest BCUT2D eigenvalue weighted by Gasteiger charge is 2.27. The van der Waals surface area contributed by atoms with E-state index in [9.17, 15) is 4.79 Å². The van der Waals surface area contributed by atoms with E-state index in [0.717, 1.165) is 45.4 Å². The molecule has 0 bridgehead atoms. The third-order valence-electron chi connectivity index (χ3n) is 5.19. The van der Waals surface area contributed by atoms with Gasteiger partial charge in [-0.3, -0.25) is 14.4 Å². The standard InChI is InChI=1S/C18H24N4OS/c23-18(15-2-1-3-15)19-7-4-16-11-21(10-14-6-9-24-13-14)12-17-5-8-20-22(16)17/h5-6,8-9,13,15-16H,1-4,7,10-12H2,(H,19,23)/t16-/m1/s1. The number of thiophene rings is 1. The van der Waals surface area contributed by atoms with Crippen molar-refractivity contribution < 1.29 is 4.79 Å². The van der Waals surface area contributed by atoms with Gasteiger partial charge in [0.05, 0.1) is 11.7 Å². The Kier molecular flexibility index (Phi) is 4.67. The SMILES string of the molecule is O=C(NCC[C@@H]1CN(Cc2ccsc2)Cc2ccnn21)C1CCC1. The van der Waals surface area contributed by atoms with Gasteiger partial charge in [0, 0.05) is 38.3 Å². The van der Waals surface area contributed by atoms with Crippen LogP contribution in [0.3, 0.4) is 0 Å². The molecule has 1 saturated carbocycles. The van der Waals surface area contributed by atoms with E-state index in [-0.39, 0.29) is 11.8 Å². The van der Waals surface area contributed by atoms with Crippen LogP contribution >= 0.6 is 11.3 Å². The quantitative estimate of drug-likeness (QED) is 0.877. The van der Waals surface area contributed by atoms with Crippen molar-refractivity contribution in [3.8, 4) is 0 Å². The number of rotatable bonds is 6. The van der Waals surface area contributed by atoms with E-state index in [1.54, 1.807) is 11.3 Å². The summed E-state index contributed by atoms with van der Waals surface area (Å²) in [7, 11) is 0. The Morgan fingerprint density at radius 2 is 2.29 bits per heavy atom. The summed E-state index contributed by atoms with van der Waals surface area (Å²) in [6.07, 6.45) is 6.16. The molecule has 2 aromatic rings. The summed E-state index contributed by atoms with van der Waals surface area (Å²) in [5.41, 5.74) is 2.65. The summed E-state index contributed by atoms with van der Waals surface area (Å²) in [6.45, 7) is 3.66. The molecule has 0 aromatic carbocycles.